The molecule has 0 atom stereocenters. The third kappa shape index (κ3) is 5.27. The second kappa shape index (κ2) is 8.64. The van der Waals surface area contributed by atoms with Crippen molar-refractivity contribution in [1.82, 2.24) is 0 Å². The number of esters is 1. The maximum atomic E-state index is 11.9. The number of halogens is 1. The maximum absolute atomic E-state index is 11.9. The molecule has 0 aromatic heterocycles. The summed E-state index contributed by atoms with van der Waals surface area (Å²) < 4.78 is 21.1. The summed E-state index contributed by atoms with van der Waals surface area (Å²) in [6, 6.07) is 10.1. The minimum absolute atomic E-state index is 0.306. The van der Waals surface area contributed by atoms with E-state index in [1.165, 1.54) is 0 Å². The molecule has 1 heterocycles. The highest BCUT2D eigenvalue weighted by Crippen LogP contribution is 2.32. The first kappa shape index (κ1) is 18.8. The van der Waals surface area contributed by atoms with Crippen LogP contribution < -0.4 is 19.5 Å². The number of amides is 1. The lowest BCUT2D eigenvalue weighted by Gasteiger charge is -2.19. The molecule has 0 saturated heterocycles. The molecule has 1 aliphatic rings. The maximum Gasteiger partial charge on any atom is 0.344 e. The van der Waals surface area contributed by atoms with Crippen molar-refractivity contribution in [2.24, 2.45) is 0 Å². The molecule has 0 spiro atoms. The van der Waals surface area contributed by atoms with Crippen LogP contribution in [0.3, 0.4) is 0 Å². The molecule has 0 aliphatic carbocycles. The van der Waals surface area contributed by atoms with Crippen LogP contribution >= 0.6 is 11.6 Å². The number of carbonyl (C=O) groups excluding carboxylic acids is 2. The van der Waals surface area contributed by atoms with Crippen LogP contribution in [0.1, 0.15) is 5.56 Å². The molecule has 1 amide bonds. The third-order valence-electron chi connectivity index (χ3n) is 3.67. The summed E-state index contributed by atoms with van der Waals surface area (Å²) in [6.45, 7) is 2.03. The monoisotopic (exact) mass is 391 g/mol. The van der Waals surface area contributed by atoms with Gasteiger partial charge in [0.1, 0.15) is 19.0 Å². The van der Waals surface area contributed by atoms with E-state index in [0.29, 0.717) is 41.2 Å². The zero-order valence-corrected chi connectivity index (χ0v) is 15.4. The number of anilines is 1. The predicted molar refractivity (Wildman–Crippen MR) is 98.7 cm³/mol. The van der Waals surface area contributed by atoms with E-state index in [-0.39, 0.29) is 6.61 Å². The summed E-state index contributed by atoms with van der Waals surface area (Å²) in [5.74, 6) is 0.588. The van der Waals surface area contributed by atoms with E-state index in [2.05, 4.69) is 5.32 Å². The largest absolute Gasteiger partial charge is 0.486 e. The van der Waals surface area contributed by atoms with Crippen molar-refractivity contribution < 1.29 is 28.5 Å². The lowest BCUT2D eigenvalue weighted by atomic mass is 10.2. The molecule has 3 rings (SSSR count). The summed E-state index contributed by atoms with van der Waals surface area (Å²) in [5.41, 5.74) is 1.32. The first-order valence-electron chi connectivity index (χ1n) is 8.25. The van der Waals surface area contributed by atoms with Gasteiger partial charge in [-0.05, 0) is 42.8 Å². The summed E-state index contributed by atoms with van der Waals surface area (Å²) >= 11 is 5.86. The Labute approximate surface area is 161 Å². The molecule has 142 valence electrons. The fourth-order valence-corrected chi connectivity index (χ4v) is 2.64. The van der Waals surface area contributed by atoms with Crippen LogP contribution in [-0.2, 0) is 14.3 Å². The number of hydrogen-bond donors (Lipinski definition) is 1. The van der Waals surface area contributed by atoms with E-state index < -0.39 is 18.5 Å². The lowest BCUT2D eigenvalue weighted by molar-refractivity contribution is -0.149. The number of ether oxygens (including phenoxy) is 4. The average Bonchev–Trinajstić information content (AvgIpc) is 2.65. The Morgan fingerprint density at radius 1 is 1.07 bits per heavy atom. The van der Waals surface area contributed by atoms with Gasteiger partial charge in [0.05, 0.1) is 0 Å². The topological polar surface area (TPSA) is 83.1 Å². The molecule has 0 radical (unpaired) electrons. The molecule has 1 N–H and O–H groups in total. The molecule has 27 heavy (non-hydrogen) atoms. The first-order valence-corrected chi connectivity index (χ1v) is 8.63. The van der Waals surface area contributed by atoms with Crippen molar-refractivity contribution in [3.63, 3.8) is 0 Å². The fraction of sp³-hybridized carbons (Fsp3) is 0.263. The molecule has 7 nitrogen and oxygen atoms in total. The van der Waals surface area contributed by atoms with Crippen molar-refractivity contribution in [3.05, 3.63) is 47.0 Å². The fourth-order valence-electron chi connectivity index (χ4n) is 2.42. The van der Waals surface area contributed by atoms with E-state index >= 15 is 0 Å². The number of benzene rings is 2. The van der Waals surface area contributed by atoms with E-state index in [4.69, 9.17) is 30.5 Å². The van der Waals surface area contributed by atoms with Gasteiger partial charge >= 0.3 is 5.97 Å². The smallest absolute Gasteiger partial charge is 0.344 e. The van der Waals surface area contributed by atoms with Gasteiger partial charge in [-0.1, -0.05) is 11.6 Å². The Morgan fingerprint density at radius 2 is 1.85 bits per heavy atom. The number of carbonyl (C=O) groups is 2. The quantitative estimate of drug-likeness (QED) is 0.762. The highest BCUT2D eigenvalue weighted by molar-refractivity contribution is 6.30. The van der Waals surface area contributed by atoms with E-state index in [1.807, 2.05) is 6.92 Å². The number of fused-ring (bicyclic) bond motifs is 1. The van der Waals surface area contributed by atoms with Crippen molar-refractivity contribution in [3.8, 4) is 17.2 Å². The standard InChI is InChI=1S/C19H18ClNO6/c1-12-8-13(20)2-4-15(12)26-11-19(23)27-10-18(22)21-14-3-5-16-17(9-14)25-7-6-24-16/h2-5,8-9H,6-7,10-11H2,1H3,(H,21,22). The molecule has 0 unspecified atom stereocenters. The van der Waals surface area contributed by atoms with E-state index in [0.717, 1.165) is 5.56 Å². The van der Waals surface area contributed by atoms with Crippen LogP contribution in [0, 0.1) is 6.92 Å². The summed E-state index contributed by atoms with van der Waals surface area (Å²) in [4.78, 5) is 23.7. The zero-order valence-electron chi connectivity index (χ0n) is 14.6. The van der Waals surface area contributed by atoms with Gasteiger partial charge < -0.3 is 24.3 Å². The van der Waals surface area contributed by atoms with Crippen molar-refractivity contribution in [1.29, 1.82) is 0 Å². The van der Waals surface area contributed by atoms with Crippen LogP contribution in [0.25, 0.3) is 0 Å². The van der Waals surface area contributed by atoms with Crippen LogP contribution in [0.4, 0.5) is 5.69 Å². The molecular weight excluding hydrogens is 374 g/mol. The van der Waals surface area contributed by atoms with Crippen molar-refractivity contribution >= 4 is 29.2 Å². The van der Waals surface area contributed by atoms with Crippen LogP contribution in [0.15, 0.2) is 36.4 Å². The average molecular weight is 392 g/mol. The molecule has 2 aromatic rings. The minimum atomic E-state index is -0.651. The summed E-state index contributed by atoms with van der Waals surface area (Å²) in [5, 5.41) is 3.21. The van der Waals surface area contributed by atoms with Gasteiger partial charge in [0.15, 0.2) is 24.7 Å². The number of nitrogens with one attached hydrogen (secondary N) is 1. The van der Waals surface area contributed by atoms with E-state index in [9.17, 15) is 9.59 Å². The Kier molecular flexibility index (Phi) is 6.03. The van der Waals surface area contributed by atoms with Gasteiger partial charge in [0.2, 0.25) is 0 Å². The summed E-state index contributed by atoms with van der Waals surface area (Å²) in [7, 11) is 0. The molecule has 0 bridgehead atoms. The van der Waals surface area contributed by atoms with Gasteiger partial charge in [-0.25, -0.2) is 4.79 Å². The zero-order chi connectivity index (χ0) is 19.2. The van der Waals surface area contributed by atoms with E-state index in [1.54, 1.807) is 36.4 Å². The highest BCUT2D eigenvalue weighted by atomic mass is 35.5. The van der Waals surface area contributed by atoms with Crippen molar-refractivity contribution in [2.45, 2.75) is 6.92 Å². The first-order chi connectivity index (χ1) is 13.0. The SMILES string of the molecule is Cc1cc(Cl)ccc1OCC(=O)OCC(=O)Nc1ccc2c(c1)OCCO2. The second-order valence-electron chi connectivity index (χ2n) is 5.77. The van der Waals surface area contributed by atoms with Gasteiger partial charge in [0.25, 0.3) is 5.91 Å². The van der Waals surface area contributed by atoms with Crippen LogP contribution in [-0.4, -0.2) is 38.3 Å². The normalized spacial score (nSPS) is 12.2. The van der Waals surface area contributed by atoms with Gasteiger partial charge in [0, 0.05) is 16.8 Å². The Bertz CT molecular complexity index is 854. The van der Waals surface area contributed by atoms with Crippen LogP contribution in [0.5, 0.6) is 17.2 Å². The van der Waals surface area contributed by atoms with Gasteiger partial charge in [-0.15, -0.1) is 0 Å². The minimum Gasteiger partial charge on any atom is -0.486 e. The van der Waals surface area contributed by atoms with Crippen molar-refractivity contribution in [2.75, 3.05) is 31.7 Å². The lowest BCUT2D eigenvalue weighted by Crippen LogP contribution is -2.24. The number of hydrogen-bond acceptors (Lipinski definition) is 6. The second-order valence-corrected chi connectivity index (χ2v) is 6.20. The Balaban J connectivity index is 1.44. The molecular formula is C19H18ClNO6. The molecule has 2 aromatic carbocycles. The molecule has 0 fully saturated rings. The molecule has 8 heteroatoms. The van der Waals surface area contributed by atoms with Gasteiger partial charge in [-0.2, -0.15) is 0 Å². The summed E-state index contributed by atoms with van der Waals surface area (Å²) in [6.07, 6.45) is 0. The third-order valence-corrected chi connectivity index (χ3v) is 3.91. The highest BCUT2D eigenvalue weighted by Gasteiger charge is 2.14. The Hall–Kier alpha value is -2.93. The van der Waals surface area contributed by atoms with Crippen LogP contribution in [0.2, 0.25) is 5.02 Å². The molecule has 1 aliphatic heterocycles. The molecule has 0 saturated carbocycles. The number of aryl methyl sites for hydroxylation is 1. The Morgan fingerprint density at radius 3 is 2.63 bits per heavy atom. The van der Waals surface area contributed by atoms with Gasteiger partial charge in [-0.3, -0.25) is 4.79 Å². The predicted octanol–water partition coefficient (Wildman–Crippen LogP) is 2.98. The number of rotatable bonds is 6.